The number of thioether (sulfide) groups is 1. The van der Waals surface area contributed by atoms with Crippen LogP contribution in [-0.4, -0.2) is 49.1 Å². The summed E-state index contributed by atoms with van der Waals surface area (Å²) < 4.78 is 35.0. The van der Waals surface area contributed by atoms with Crippen molar-refractivity contribution < 1.29 is 22.7 Å². The molecule has 156 valence electrons. The second kappa shape index (κ2) is 7.33. The van der Waals surface area contributed by atoms with Crippen LogP contribution in [0.5, 0.6) is 11.5 Å². The Morgan fingerprint density at radius 3 is 2.60 bits per heavy atom. The first-order chi connectivity index (χ1) is 14.3. The quantitative estimate of drug-likeness (QED) is 0.642. The number of hydrogen-bond donors (Lipinski definition) is 0. The van der Waals surface area contributed by atoms with Crippen molar-refractivity contribution in [1.29, 1.82) is 0 Å². The van der Waals surface area contributed by atoms with Crippen LogP contribution in [0.3, 0.4) is 0 Å². The standard InChI is InChI=1S/C19H14Cl2N2O5S2/c20-11-2-1-3-12(21)17(11)23-13-7-30(25,26)8-16(13)29-19(23)22-18(24)10-4-5-14-15(6-10)28-9-27-14/h1-6,13,16H,7-9H2. The molecule has 3 heterocycles. The highest BCUT2D eigenvalue weighted by atomic mass is 35.5. The highest BCUT2D eigenvalue weighted by Gasteiger charge is 2.50. The molecule has 2 unspecified atom stereocenters. The predicted octanol–water partition coefficient (Wildman–Crippen LogP) is 3.64. The molecular weight excluding hydrogens is 471 g/mol. The molecule has 0 bridgehead atoms. The molecule has 2 saturated heterocycles. The molecule has 0 saturated carbocycles. The molecule has 0 spiro atoms. The molecule has 0 aromatic heterocycles. The Morgan fingerprint density at radius 1 is 1.10 bits per heavy atom. The monoisotopic (exact) mass is 484 g/mol. The van der Waals surface area contributed by atoms with E-state index in [1.54, 1.807) is 41.3 Å². The number of rotatable bonds is 2. The number of aliphatic imine (C=N–C) groups is 1. The summed E-state index contributed by atoms with van der Waals surface area (Å²) in [6.07, 6.45) is 0. The average molecular weight is 485 g/mol. The fourth-order valence-corrected chi connectivity index (χ4v) is 8.20. The zero-order chi connectivity index (χ0) is 21.0. The summed E-state index contributed by atoms with van der Waals surface area (Å²) in [7, 11) is -3.20. The van der Waals surface area contributed by atoms with Gasteiger partial charge in [0.05, 0.1) is 33.3 Å². The van der Waals surface area contributed by atoms with Crippen LogP contribution in [0.15, 0.2) is 41.4 Å². The Bertz CT molecular complexity index is 1180. The lowest BCUT2D eigenvalue weighted by molar-refractivity contribution is 0.100. The number of fused-ring (bicyclic) bond motifs is 2. The van der Waals surface area contributed by atoms with Crippen LogP contribution in [-0.2, 0) is 9.84 Å². The summed E-state index contributed by atoms with van der Waals surface area (Å²) in [6, 6.07) is 9.48. The number of benzene rings is 2. The molecule has 3 aliphatic heterocycles. The van der Waals surface area contributed by atoms with Crippen LogP contribution in [0.4, 0.5) is 5.69 Å². The normalized spacial score (nSPS) is 25.0. The first-order valence-corrected chi connectivity index (χ1v) is 12.4. The number of carbonyl (C=O) groups is 1. The first kappa shape index (κ1) is 20.0. The van der Waals surface area contributed by atoms with Crippen molar-refractivity contribution in [3.63, 3.8) is 0 Å². The largest absolute Gasteiger partial charge is 0.454 e. The minimum Gasteiger partial charge on any atom is -0.454 e. The maximum absolute atomic E-state index is 12.9. The summed E-state index contributed by atoms with van der Waals surface area (Å²) in [6.45, 7) is 0.105. The number of ether oxygens (including phenoxy) is 2. The van der Waals surface area contributed by atoms with Gasteiger partial charge in [-0.3, -0.25) is 4.79 Å². The molecule has 2 atom stereocenters. The Morgan fingerprint density at radius 2 is 1.83 bits per heavy atom. The van der Waals surface area contributed by atoms with E-state index >= 15 is 0 Å². The van der Waals surface area contributed by atoms with Crippen molar-refractivity contribution in [2.24, 2.45) is 4.99 Å². The van der Waals surface area contributed by atoms with E-state index < -0.39 is 21.8 Å². The van der Waals surface area contributed by atoms with Crippen molar-refractivity contribution in [3.8, 4) is 11.5 Å². The van der Waals surface area contributed by atoms with Gasteiger partial charge in [-0.1, -0.05) is 41.0 Å². The number of carbonyl (C=O) groups excluding carboxylic acids is 1. The Labute approximate surface area is 186 Å². The van der Waals surface area contributed by atoms with E-state index in [0.717, 1.165) is 0 Å². The lowest BCUT2D eigenvalue weighted by atomic mass is 10.2. The molecule has 5 rings (SSSR count). The average Bonchev–Trinajstić information content (AvgIpc) is 3.34. The summed E-state index contributed by atoms with van der Waals surface area (Å²) in [4.78, 5) is 18.9. The molecule has 2 aromatic rings. The molecule has 2 aromatic carbocycles. The van der Waals surface area contributed by atoms with Crippen LogP contribution in [0.25, 0.3) is 0 Å². The SMILES string of the molecule is O=C(N=C1SC2CS(=O)(=O)CC2N1c1c(Cl)cccc1Cl)c1ccc2c(c1)OCO2. The third-order valence-electron chi connectivity index (χ3n) is 5.06. The Kier molecular flexibility index (Phi) is 4.89. The van der Waals surface area contributed by atoms with Gasteiger partial charge >= 0.3 is 0 Å². The van der Waals surface area contributed by atoms with Crippen molar-refractivity contribution in [1.82, 2.24) is 0 Å². The number of hydrogen-bond acceptors (Lipinski definition) is 6. The molecule has 11 heteroatoms. The van der Waals surface area contributed by atoms with Crippen LogP contribution < -0.4 is 14.4 Å². The summed E-state index contributed by atoms with van der Waals surface area (Å²) >= 11 is 14.1. The van der Waals surface area contributed by atoms with Crippen molar-refractivity contribution in [3.05, 3.63) is 52.0 Å². The van der Waals surface area contributed by atoms with Gasteiger partial charge in [-0.05, 0) is 30.3 Å². The Balaban J connectivity index is 1.55. The van der Waals surface area contributed by atoms with E-state index in [1.807, 2.05) is 0 Å². The number of amides is 1. The first-order valence-electron chi connectivity index (χ1n) is 8.95. The number of para-hydroxylation sites is 1. The van der Waals surface area contributed by atoms with Gasteiger partial charge in [-0.25, -0.2) is 8.42 Å². The molecular formula is C19H14Cl2N2O5S2. The van der Waals surface area contributed by atoms with Crippen LogP contribution in [0.2, 0.25) is 10.0 Å². The lowest BCUT2D eigenvalue weighted by Gasteiger charge is -2.26. The molecule has 3 aliphatic rings. The van der Waals surface area contributed by atoms with Gasteiger partial charge in [0, 0.05) is 10.8 Å². The van der Waals surface area contributed by atoms with Gasteiger partial charge in [0.1, 0.15) is 0 Å². The maximum atomic E-state index is 12.9. The van der Waals surface area contributed by atoms with E-state index in [1.165, 1.54) is 11.8 Å². The number of sulfone groups is 1. The molecule has 0 N–H and O–H groups in total. The maximum Gasteiger partial charge on any atom is 0.279 e. The van der Waals surface area contributed by atoms with Gasteiger partial charge in [0.2, 0.25) is 6.79 Å². The third kappa shape index (κ3) is 3.43. The van der Waals surface area contributed by atoms with E-state index in [4.69, 9.17) is 32.7 Å². The van der Waals surface area contributed by atoms with E-state index in [9.17, 15) is 13.2 Å². The second-order valence-electron chi connectivity index (χ2n) is 7.01. The molecule has 30 heavy (non-hydrogen) atoms. The summed E-state index contributed by atoms with van der Waals surface area (Å²) in [5.74, 6) is 0.529. The zero-order valence-corrected chi connectivity index (χ0v) is 18.4. The third-order valence-corrected chi connectivity index (χ3v) is 8.88. The highest BCUT2D eigenvalue weighted by Crippen LogP contribution is 2.45. The van der Waals surface area contributed by atoms with Crippen LogP contribution >= 0.6 is 35.0 Å². The molecule has 2 fully saturated rings. The minimum absolute atomic E-state index is 0.0120. The molecule has 0 radical (unpaired) electrons. The number of amidine groups is 1. The molecule has 7 nitrogen and oxygen atoms in total. The van der Waals surface area contributed by atoms with Gasteiger partial charge in [0.15, 0.2) is 26.5 Å². The Hall–Kier alpha value is -1.94. The molecule has 0 aliphatic carbocycles. The fraction of sp³-hybridized carbons (Fsp3) is 0.263. The summed E-state index contributed by atoms with van der Waals surface area (Å²) in [5, 5.41) is 0.829. The second-order valence-corrected chi connectivity index (χ2v) is 11.2. The zero-order valence-electron chi connectivity index (χ0n) is 15.2. The smallest absolute Gasteiger partial charge is 0.279 e. The number of anilines is 1. The van der Waals surface area contributed by atoms with Gasteiger partial charge < -0.3 is 14.4 Å². The summed E-state index contributed by atoms with van der Waals surface area (Å²) in [5.41, 5.74) is 0.789. The van der Waals surface area contributed by atoms with Crippen LogP contribution in [0, 0.1) is 0 Å². The number of nitrogens with zero attached hydrogens (tertiary/aromatic N) is 2. The lowest BCUT2D eigenvalue weighted by Crippen LogP contribution is -2.38. The van der Waals surface area contributed by atoms with Crippen LogP contribution in [0.1, 0.15) is 10.4 Å². The van der Waals surface area contributed by atoms with E-state index in [0.29, 0.717) is 38.0 Å². The number of halogens is 2. The van der Waals surface area contributed by atoms with Gasteiger partial charge in [0.25, 0.3) is 5.91 Å². The topological polar surface area (TPSA) is 85.3 Å². The van der Waals surface area contributed by atoms with Gasteiger partial charge in [-0.2, -0.15) is 4.99 Å². The molecule has 1 amide bonds. The highest BCUT2D eigenvalue weighted by molar-refractivity contribution is 8.16. The van der Waals surface area contributed by atoms with E-state index in [2.05, 4.69) is 4.99 Å². The predicted molar refractivity (Wildman–Crippen MR) is 117 cm³/mol. The van der Waals surface area contributed by atoms with Crippen molar-refractivity contribution in [2.45, 2.75) is 11.3 Å². The van der Waals surface area contributed by atoms with E-state index in [-0.39, 0.29) is 23.5 Å². The van der Waals surface area contributed by atoms with Crippen molar-refractivity contribution in [2.75, 3.05) is 23.2 Å². The minimum atomic E-state index is -3.20. The van der Waals surface area contributed by atoms with Crippen molar-refractivity contribution >= 4 is 61.6 Å². The fourth-order valence-electron chi connectivity index (χ4n) is 3.73. The van der Waals surface area contributed by atoms with Gasteiger partial charge in [-0.15, -0.1) is 0 Å².